The molecule has 1 heterocycles. The van der Waals surface area contributed by atoms with Crippen LogP contribution in [0.4, 0.5) is 0 Å². The third kappa shape index (κ3) is 8.30. The average molecular weight is 571 g/mol. The molecule has 2 atom stereocenters. The molecule has 0 aromatic heterocycles. The van der Waals surface area contributed by atoms with Gasteiger partial charge >= 0.3 is 0 Å². The predicted molar refractivity (Wildman–Crippen MR) is 146 cm³/mol. The van der Waals surface area contributed by atoms with E-state index >= 15 is 0 Å². The van der Waals surface area contributed by atoms with Crippen molar-refractivity contribution < 1.29 is 17.9 Å². The molecule has 37 heavy (non-hydrogen) atoms. The molecule has 0 unspecified atom stereocenters. The summed E-state index contributed by atoms with van der Waals surface area (Å²) in [6.07, 6.45) is 0. The van der Waals surface area contributed by atoms with Crippen LogP contribution in [0.25, 0.3) is 10.4 Å². The number of azide groups is 1. The van der Waals surface area contributed by atoms with Gasteiger partial charge in [0.05, 0.1) is 31.3 Å². The fourth-order valence-electron chi connectivity index (χ4n) is 4.24. The van der Waals surface area contributed by atoms with Gasteiger partial charge in [0.25, 0.3) is 0 Å². The zero-order valence-corrected chi connectivity index (χ0v) is 23.6. The maximum Gasteiger partial charge on any atom is 0.240 e. The molecule has 12 heteroatoms. The molecule has 0 saturated carbocycles. The van der Waals surface area contributed by atoms with Gasteiger partial charge in [-0.1, -0.05) is 54.3 Å². The van der Waals surface area contributed by atoms with Gasteiger partial charge in [-0.2, -0.15) is 0 Å². The second-order valence-electron chi connectivity index (χ2n) is 9.39. The Morgan fingerprint density at radius 1 is 1.19 bits per heavy atom. The van der Waals surface area contributed by atoms with Gasteiger partial charge in [0.15, 0.2) is 0 Å². The maximum atomic E-state index is 13.4. The van der Waals surface area contributed by atoms with E-state index in [1.807, 2.05) is 33.0 Å². The van der Waals surface area contributed by atoms with Crippen molar-refractivity contribution in [3.8, 4) is 0 Å². The third-order valence-electron chi connectivity index (χ3n) is 6.24. The molecule has 0 spiro atoms. The fraction of sp³-hybridized carbons (Fsp3) is 0.520. The molecule has 2 aromatic carbocycles. The van der Waals surface area contributed by atoms with Crippen LogP contribution in [0.15, 0.2) is 46.4 Å². The van der Waals surface area contributed by atoms with E-state index in [2.05, 4.69) is 19.6 Å². The highest BCUT2D eigenvalue weighted by Crippen LogP contribution is 2.38. The first-order chi connectivity index (χ1) is 17.6. The molecular weight excluding hydrogens is 537 g/mol. The van der Waals surface area contributed by atoms with Crippen molar-refractivity contribution in [3.05, 3.63) is 73.6 Å². The van der Waals surface area contributed by atoms with E-state index in [0.717, 1.165) is 16.7 Å². The number of hydrogen-bond acceptors (Lipinski definition) is 6. The molecule has 0 fully saturated rings. The third-order valence-corrected chi connectivity index (χ3v) is 8.29. The summed E-state index contributed by atoms with van der Waals surface area (Å²) in [5, 5.41) is 4.57. The summed E-state index contributed by atoms with van der Waals surface area (Å²) in [6, 6.07) is 10.3. The van der Waals surface area contributed by atoms with Crippen molar-refractivity contribution in [2.24, 2.45) is 11.0 Å². The van der Waals surface area contributed by atoms with Gasteiger partial charge in [-0.05, 0) is 59.5 Å². The molecule has 0 amide bonds. The van der Waals surface area contributed by atoms with Crippen LogP contribution in [0.3, 0.4) is 0 Å². The van der Waals surface area contributed by atoms with Gasteiger partial charge in [0, 0.05) is 46.6 Å². The molecule has 0 radical (unpaired) electrons. The molecule has 3 rings (SSSR count). The molecule has 0 aliphatic carbocycles. The molecule has 0 bridgehead atoms. The fourth-order valence-corrected chi connectivity index (χ4v) is 6.23. The minimum absolute atomic E-state index is 0.00648. The highest BCUT2D eigenvalue weighted by Gasteiger charge is 2.29. The summed E-state index contributed by atoms with van der Waals surface area (Å²) < 4.78 is 40.5. The Labute approximate surface area is 228 Å². The number of hydrogen-bond donors (Lipinski definition) is 1. The highest BCUT2D eigenvalue weighted by molar-refractivity contribution is 7.89. The van der Waals surface area contributed by atoms with E-state index in [1.54, 1.807) is 24.3 Å². The maximum absolute atomic E-state index is 13.4. The summed E-state index contributed by atoms with van der Waals surface area (Å²) >= 11 is 12.8. The second-order valence-corrected chi connectivity index (χ2v) is 11.9. The van der Waals surface area contributed by atoms with Gasteiger partial charge in [0.2, 0.25) is 10.0 Å². The topological polar surface area (TPSA) is 117 Å². The van der Waals surface area contributed by atoms with Crippen LogP contribution in [0, 0.1) is 5.92 Å². The monoisotopic (exact) mass is 569 g/mol. The van der Waals surface area contributed by atoms with Crippen LogP contribution >= 0.6 is 23.2 Å². The number of fused-ring (bicyclic) bond motifs is 1. The van der Waals surface area contributed by atoms with Crippen molar-refractivity contribution in [3.63, 3.8) is 0 Å². The van der Waals surface area contributed by atoms with Gasteiger partial charge in [-0.25, -0.2) is 13.1 Å². The van der Waals surface area contributed by atoms with Crippen molar-refractivity contribution in [1.29, 1.82) is 0 Å². The Morgan fingerprint density at radius 2 is 1.95 bits per heavy atom. The minimum Gasteiger partial charge on any atom is -0.379 e. The smallest absolute Gasteiger partial charge is 0.240 e. The van der Waals surface area contributed by atoms with Gasteiger partial charge in [-0.15, -0.1) is 0 Å². The van der Waals surface area contributed by atoms with Crippen LogP contribution in [0.1, 0.15) is 36.5 Å². The van der Waals surface area contributed by atoms with Crippen LogP contribution in [0.5, 0.6) is 0 Å². The first-order valence-corrected chi connectivity index (χ1v) is 14.3. The number of benzene rings is 2. The Hall–Kier alpha value is -1.88. The van der Waals surface area contributed by atoms with Crippen LogP contribution in [-0.4, -0.2) is 65.9 Å². The molecule has 1 N–H and O–H groups in total. The number of nitrogens with one attached hydrogen (secondary N) is 1. The van der Waals surface area contributed by atoms with E-state index in [-0.39, 0.29) is 29.9 Å². The second kappa shape index (κ2) is 13.8. The van der Waals surface area contributed by atoms with Crippen molar-refractivity contribution in [2.75, 3.05) is 46.6 Å². The largest absolute Gasteiger partial charge is 0.379 e. The lowest BCUT2D eigenvalue weighted by Gasteiger charge is -2.33. The molecule has 0 saturated heterocycles. The summed E-state index contributed by atoms with van der Waals surface area (Å²) in [6.45, 7) is 6.69. The molecule has 202 valence electrons. The molecular formula is C25H33Cl2N5O4S. The lowest BCUT2D eigenvalue weighted by atomic mass is 9.85. The number of sulfonamides is 1. The zero-order valence-electron chi connectivity index (χ0n) is 21.2. The minimum atomic E-state index is -3.80. The van der Waals surface area contributed by atoms with Crippen molar-refractivity contribution in [2.45, 2.75) is 37.2 Å². The Morgan fingerprint density at radius 3 is 2.68 bits per heavy atom. The SMILES string of the molecule is CC(C)[C@H](COCCOCCN=[N+]=[N-])NS(=O)(=O)c1cccc([C@@H]2CN(C)Cc3c(Cl)cc(Cl)cc32)c1. The van der Waals surface area contributed by atoms with E-state index in [1.165, 1.54) is 0 Å². The van der Waals surface area contributed by atoms with Gasteiger partial charge < -0.3 is 14.4 Å². The highest BCUT2D eigenvalue weighted by atomic mass is 35.5. The average Bonchev–Trinajstić information content (AvgIpc) is 2.85. The van der Waals surface area contributed by atoms with E-state index < -0.39 is 16.1 Å². The van der Waals surface area contributed by atoms with E-state index in [9.17, 15) is 8.42 Å². The Balaban J connectivity index is 1.71. The molecule has 9 nitrogen and oxygen atoms in total. The first-order valence-electron chi connectivity index (χ1n) is 12.1. The van der Waals surface area contributed by atoms with Crippen molar-refractivity contribution >= 4 is 33.2 Å². The van der Waals surface area contributed by atoms with Crippen LogP contribution in [0.2, 0.25) is 10.0 Å². The lowest BCUT2D eigenvalue weighted by Crippen LogP contribution is -2.42. The number of nitrogens with zero attached hydrogens (tertiary/aromatic N) is 4. The van der Waals surface area contributed by atoms with Gasteiger partial charge in [-0.3, -0.25) is 0 Å². The Kier molecular flexibility index (Phi) is 11.0. The normalized spacial score (nSPS) is 16.9. The zero-order chi connectivity index (χ0) is 27.0. The van der Waals surface area contributed by atoms with Crippen molar-refractivity contribution in [1.82, 2.24) is 9.62 Å². The predicted octanol–water partition coefficient (Wildman–Crippen LogP) is 5.22. The van der Waals surface area contributed by atoms with Crippen LogP contribution < -0.4 is 4.72 Å². The molecule has 1 aliphatic heterocycles. The molecule has 1 aliphatic rings. The summed E-state index contributed by atoms with van der Waals surface area (Å²) in [4.78, 5) is 5.02. The number of likely N-dealkylation sites (N-methyl/N-ethyl adjacent to an activating group) is 1. The quantitative estimate of drug-likeness (QED) is 0.154. The molecule has 2 aromatic rings. The van der Waals surface area contributed by atoms with E-state index in [0.29, 0.717) is 43.0 Å². The number of ether oxygens (including phenoxy) is 2. The lowest BCUT2D eigenvalue weighted by molar-refractivity contribution is 0.0393. The summed E-state index contributed by atoms with van der Waals surface area (Å²) in [7, 11) is -1.79. The van der Waals surface area contributed by atoms with E-state index in [4.69, 9.17) is 38.2 Å². The number of halogens is 2. The summed E-state index contributed by atoms with van der Waals surface area (Å²) in [5.41, 5.74) is 11.2. The van der Waals surface area contributed by atoms with Gasteiger partial charge in [0.1, 0.15) is 0 Å². The first kappa shape index (κ1) is 29.7. The number of rotatable bonds is 13. The Bertz CT molecular complexity index is 1220. The summed E-state index contributed by atoms with van der Waals surface area (Å²) in [5.74, 6) is -0.0600. The standard InChI is InChI=1S/C25H33Cl2N5O4S/c1-17(2)25(16-36-10-9-35-8-7-29-31-28)30-37(33,34)20-6-4-5-18(11-20)22-14-32(3)15-23-21(22)12-19(26)13-24(23)27/h4-6,11-13,17,22,25,30H,7-10,14-16H2,1-3H3/t22-,25-/m0/s1. The van der Waals surface area contributed by atoms with Crippen LogP contribution in [-0.2, 0) is 26.0 Å².